The van der Waals surface area contributed by atoms with E-state index in [2.05, 4.69) is 4.72 Å². The number of carbonyl (C=O) groups is 1. The lowest BCUT2D eigenvalue weighted by Gasteiger charge is -2.18. The van der Waals surface area contributed by atoms with Crippen LogP contribution in [-0.2, 0) is 23.0 Å². The van der Waals surface area contributed by atoms with Gasteiger partial charge in [0.15, 0.2) is 0 Å². The van der Waals surface area contributed by atoms with Crippen molar-refractivity contribution in [2.24, 2.45) is 0 Å². The second-order valence-corrected chi connectivity index (χ2v) is 8.94. The van der Waals surface area contributed by atoms with Crippen molar-refractivity contribution in [1.29, 1.82) is 0 Å². The molecule has 0 aliphatic carbocycles. The van der Waals surface area contributed by atoms with Gasteiger partial charge in [0, 0.05) is 24.3 Å². The molecule has 0 spiro atoms. The van der Waals surface area contributed by atoms with Gasteiger partial charge in [-0.2, -0.15) is 0 Å². The zero-order valence-electron chi connectivity index (χ0n) is 16.8. The number of sulfonamides is 1. The van der Waals surface area contributed by atoms with Crippen molar-refractivity contribution in [2.45, 2.75) is 17.9 Å². The molecule has 8 heteroatoms. The fraction of sp³-hybridized carbons (Fsp3) is 0.174. The Balaban J connectivity index is 1.46. The summed E-state index contributed by atoms with van der Waals surface area (Å²) < 4.78 is 45.8. The molecule has 0 saturated heterocycles. The van der Waals surface area contributed by atoms with Gasteiger partial charge in [0.05, 0.1) is 12.0 Å². The highest BCUT2D eigenvalue weighted by molar-refractivity contribution is 7.89. The predicted molar refractivity (Wildman–Crippen MR) is 115 cm³/mol. The van der Waals surface area contributed by atoms with E-state index in [4.69, 9.17) is 4.74 Å². The number of rotatable bonds is 6. The molecule has 1 amide bonds. The number of fused-ring (bicyclic) bond motifs is 1. The molecule has 1 aliphatic rings. The lowest BCUT2D eigenvalue weighted by atomic mass is 10.1. The van der Waals surface area contributed by atoms with Gasteiger partial charge in [-0.25, -0.2) is 17.5 Å². The molecule has 160 valence electrons. The summed E-state index contributed by atoms with van der Waals surface area (Å²) in [7, 11) is -2.14. The van der Waals surface area contributed by atoms with Crippen LogP contribution in [0, 0.1) is 5.82 Å². The van der Waals surface area contributed by atoms with Crippen LogP contribution in [0.15, 0.2) is 71.6 Å². The summed E-state index contributed by atoms with van der Waals surface area (Å²) in [4.78, 5) is 14.6. The van der Waals surface area contributed by atoms with Crippen LogP contribution in [-0.4, -0.2) is 28.0 Å². The molecule has 31 heavy (non-hydrogen) atoms. The number of benzene rings is 3. The van der Waals surface area contributed by atoms with Crippen LogP contribution in [0.25, 0.3) is 0 Å². The number of carbonyl (C=O) groups excluding carboxylic acids is 1. The fourth-order valence-electron chi connectivity index (χ4n) is 3.54. The van der Waals surface area contributed by atoms with Crippen LogP contribution in [0.2, 0.25) is 0 Å². The van der Waals surface area contributed by atoms with Crippen LogP contribution in [0.4, 0.5) is 10.1 Å². The van der Waals surface area contributed by atoms with Crippen molar-refractivity contribution in [3.63, 3.8) is 0 Å². The van der Waals surface area contributed by atoms with E-state index in [0.29, 0.717) is 24.3 Å². The molecule has 0 bridgehead atoms. The highest BCUT2D eigenvalue weighted by Crippen LogP contribution is 2.30. The molecule has 6 nitrogen and oxygen atoms in total. The van der Waals surface area contributed by atoms with Crippen molar-refractivity contribution in [3.05, 3.63) is 89.2 Å². The first-order chi connectivity index (χ1) is 14.9. The highest BCUT2D eigenvalue weighted by atomic mass is 32.2. The number of methoxy groups -OCH3 is 1. The van der Waals surface area contributed by atoms with Crippen molar-refractivity contribution in [2.75, 3.05) is 18.6 Å². The Morgan fingerprint density at radius 1 is 1.06 bits per heavy atom. The van der Waals surface area contributed by atoms with Crippen molar-refractivity contribution >= 4 is 21.6 Å². The van der Waals surface area contributed by atoms with Crippen molar-refractivity contribution in [1.82, 2.24) is 4.72 Å². The minimum Gasteiger partial charge on any atom is -0.497 e. The molecular weight excluding hydrogens is 419 g/mol. The van der Waals surface area contributed by atoms with E-state index in [1.54, 1.807) is 23.1 Å². The Morgan fingerprint density at radius 2 is 1.77 bits per heavy atom. The van der Waals surface area contributed by atoms with E-state index < -0.39 is 10.0 Å². The minimum absolute atomic E-state index is 0.132. The zero-order chi connectivity index (χ0) is 22.0. The average Bonchev–Trinajstić information content (AvgIpc) is 3.21. The number of ether oxygens (including phenoxy) is 1. The Labute approximate surface area is 180 Å². The zero-order valence-corrected chi connectivity index (χ0v) is 17.7. The number of nitrogens with zero attached hydrogens (tertiary/aromatic N) is 1. The first-order valence-electron chi connectivity index (χ1n) is 9.70. The number of amides is 1. The molecule has 1 heterocycles. The quantitative estimate of drug-likeness (QED) is 0.637. The second-order valence-electron chi connectivity index (χ2n) is 7.18. The molecule has 1 aliphatic heterocycles. The van der Waals surface area contributed by atoms with Gasteiger partial charge in [-0.1, -0.05) is 12.1 Å². The molecule has 0 saturated carbocycles. The highest BCUT2D eigenvalue weighted by Gasteiger charge is 2.26. The topological polar surface area (TPSA) is 75.7 Å². The first kappa shape index (κ1) is 21.0. The third-order valence-electron chi connectivity index (χ3n) is 5.21. The van der Waals surface area contributed by atoms with Gasteiger partial charge in [0.25, 0.3) is 5.91 Å². The largest absolute Gasteiger partial charge is 0.497 e. The third kappa shape index (κ3) is 4.45. The van der Waals surface area contributed by atoms with Gasteiger partial charge in [-0.05, 0) is 72.1 Å². The van der Waals surface area contributed by atoms with Gasteiger partial charge in [-0.3, -0.25) is 4.79 Å². The summed E-state index contributed by atoms with van der Waals surface area (Å²) in [6.45, 7) is 0.653. The van der Waals surface area contributed by atoms with Gasteiger partial charge in [-0.15, -0.1) is 0 Å². The molecule has 1 N–H and O–H groups in total. The number of nitrogens with one attached hydrogen (secondary N) is 1. The number of anilines is 1. The summed E-state index contributed by atoms with van der Waals surface area (Å²) in [6, 6.07) is 17.2. The summed E-state index contributed by atoms with van der Waals surface area (Å²) in [5.41, 5.74) is 2.98. The predicted octanol–water partition coefficient (Wildman–Crippen LogP) is 3.52. The van der Waals surface area contributed by atoms with E-state index in [9.17, 15) is 17.6 Å². The number of hydrogen-bond donors (Lipinski definition) is 1. The number of halogens is 1. The van der Waals surface area contributed by atoms with Crippen LogP contribution >= 0.6 is 0 Å². The van der Waals surface area contributed by atoms with E-state index in [1.165, 1.54) is 43.5 Å². The van der Waals surface area contributed by atoms with Crippen LogP contribution in [0.5, 0.6) is 5.75 Å². The molecule has 0 unspecified atom stereocenters. The van der Waals surface area contributed by atoms with Crippen LogP contribution in [0.3, 0.4) is 0 Å². The maximum Gasteiger partial charge on any atom is 0.258 e. The second kappa shape index (κ2) is 8.49. The molecule has 0 aromatic heterocycles. The Bertz CT molecular complexity index is 1210. The minimum atomic E-state index is -3.66. The monoisotopic (exact) mass is 440 g/mol. The summed E-state index contributed by atoms with van der Waals surface area (Å²) in [5.74, 6) is 0.00382. The smallest absolute Gasteiger partial charge is 0.258 e. The lowest BCUT2D eigenvalue weighted by Crippen LogP contribution is -2.28. The van der Waals surface area contributed by atoms with Crippen LogP contribution < -0.4 is 14.4 Å². The molecule has 0 atom stereocenters. The molecule has 3 aromatic carbocycles. The Hall–Kier alpha value is -3.23. The van der Waals surface area contributed by atoms with E-state index >= 15 is 0 Å². The maximum atomic E-state index is 13.1. The summed E-state index contributed by atoms with van der Waals surface area (Å²) in [6.07, 6.45) is 0.668. The molecule has 0 radical (unpaired) electrons. The first-order valence-corrected chi connectivity index (χ1v) is 11.2. The van der Waals surface area contributed by atoms with Crippen molar-refractivity contribution in [3.8, 4) is 5.75 Å². The summed E-state index contributed by atoms with van der Waals surface area (Å²) >= 11 is 0. The van der Waals surface area contributed by atoms with Gasteiger partial charge in [0.2, 0.25) is 10.0 Å². The Morgan fingerprint density at radius 3 is 2.45 bits per heavy atom. The normalized spacial score (nSPS) is 13.2. The van der Waals surface area contributed by atoms with E-state index in [-0.39, 0.29) is 23.2 Å². The van der Waals surface area contributed by atoms with Crippen molar-refractivity contribution < 1.29 is 22.3 Å². The van der Waals surface area contributed by atoms with Gasteiger partial charge >= 0.3 is 0 Å². The fourth-order valence-corrected chi connectivity index (χ4v) is 4.56. The lowest BCUT2D eigenvalue weighted by molar-refractivity contribution is 0.0989. The molecule has 0 fully saturated rings. The molecule has 3 aromatic rings. The average molecular weight is 440 g/mol. The Kier molecular flexibility index (Phi) is 5.75. The molecular formula is C23H21FN2O4S. The molecule has 4 rings (SSSR count). The standard InChI is InChI=1S/C23H21FN2O4S/c1-30-20-7-9-21(10-8-20)31(28,29)25-15-16-2-11-22-18(14-16)12-13-26(22)23(27)17-3-5-19(24)6-4-17/h2-11,14,25H,12-13,15H2,1H3. The maximum absolute atomic E-state index is 13.1. The van der Waals surface area contributed by atoms with E-state index in [0.717, 1.165) is 16.8 Å². The van der Waals surface area contributed by atoms with Gasteiger partial charge in [0.1, 0.15) is 11.6 Å². The third-order valence-corrected chi connectivity index (χ3v) is 6.63. The summed E-state index contributed by atoms with van der Waals surface area (Å²) in [5, 5.41) is 0. The SMILES string of the molecule is COc1ccc(S(=O)(=O)NCc2ccc3c(c2)CCN3C(=O)c2ccc(F)cc2)cc1. The van der Waals surface area contributed by atoms with Gasteiger partial charge < -0.3 is 9.64 Å². The van der Waals surface area contributed by atoms with E-state index in [1.807, 2.05) is 12.1 Å². The van der Waals surface area contributed by atoms with Crippen LogP contribution in [0.1, 0.15) is 21.5 Å². The number of hydrogen-bond acceptors (Lipinski definition) is 4.